The number of oxime groups is 1. The first-order chi connectivity index (χ1) is 13.1. The Labute approximate surface area is 157 Å². The number of carbonyl (C=O) groups is 2. The number of nitrogens with zero attached hydrogens (tertiary/aromatic N) is 1. The summed E-state index contributed by atoms with van der Waals surface area (Å²) in [4.78, 5) is 28.2. The van der Waals surface area contributed by atoms with E-state index in [1.807, 2.05) is 60.7 Å². The molecule has 27 heavy (non-hydrogen) atoms. The Morgan fingerprint density at radius 3 is 2.19 bits per heavy atom. The number of carboxylic acids is 1. The molecule has 0 bridgehead atoms. The van der Waals surface area contributed by atoms with E-state index in [-0.39, 0.29) is 13.0 Å². The first kappa shape index (κ1) is 20.0. The van der Waals surface area contributed by atoms with E-state index in [2.05, 4.69) is 10.5 Å². The summed E-state index contributed by atoms with van der Waals surface area (Å²) < 4.78 is 5.03. The van der Waals surface area contributed by atoms with Crippen molar-refractivity contribution in [1.82, 2.24) is 5.32 Å². The second-order valence-electron chi connectivity index (χ2n) is 5.72. The van der Waals surface area contributed by atoms with Gasteiger partial charge in [-0.05, 0) is 24.0 Å². The molecule has 1 amide bonds. The number of aliphatic carboxylic acids is 1. The Balaban J connectivity index is 1.67. The van der Waals surface area contributed by atoms with E-state index < -0.39 is 18.1 Å². The van der Waals surface area contributed by atoms with Gasteiger partial charge in [-0.3, -0.25) is 0 Å². The molecular weight excluding hydrogens is 348 g/mol. The number of rotatable bonds is 10. The second-order valence-corrected chi connectivity index (χ2v) is 5.72. The average Bonchev–Trinajstić information content (AvgIpc) is 2.69. The molecule has 0 aliphatic rings. The van der Waals surface area contributed by atoms with Crippen LogP contribution in [0.15, 0.2) is 65.8 Å². The average molecular weight is 370 g/mol. The van der Waals surface area contributed by atoms with Crippen molar-refractivity contribution in [3.05, 3.63) is 71.8 Å². The first-order valence-electron chi connectivity index (χ1n) is 8.53. The van der Waals surface area contributed by atoms with Crippen LogP contribution in [-0.2, 0) is 27.6 Å². The monoisotopic (exact) mass is 370 g/mol. The number of nitrogens with one attached hydrogen (secondary N) is 1. The molecule has 0 spiro atoms. The molecule has 142 valence electrons. The molecule has 2 rings (SSSR count). The van der Waals surface area contributed by atoms with Gasteiger partial charge < -0.3 is 20.0 Å². The van der Waals surface area contributed by atoms with Crippen molar-refractivity contribution in [2.45, 2.75) is 32.1 Å². The van der Waals surface area contributed by atoms with Gasteiger partial charge in [-0.2, -0.15) is 0 Å². The van der Waals surface area contributed by atoms with E-state index in [1.165, 1.54) is 6.21 Å². The molecule has 2 aromatic carbocycles. The minimum absolute atomic E-state index is 0.0772. The lowest BCUT2D eigenvalue weighted by Crippen LogP contribution is -2.41. The van der Waals surface area contributed by atoms with E-state index in [1.54, 1.807) is 0 Å². The fourth-order valence-corrected chi connectivity index (χ4v) is 2.20. The van der Waals surface area contributed by atoms with Gasteiger partial charge in [0.2, 0.25) is 0 Å². The van der Waals surface area contributed by atoms with Gasteiger partial charge in [0, 0.05) is 6.21 Å². The molecule has 0 fully saturated rings. The van der Waals surface area contributed by atoms with Crippen LogP contribution in [0.2, 0.25) is 0 Å². The molecule has 7 heteroatoms. The molecule has 0 heterocycles. The van der Waals surface area contributed by atoms with Crippen molar-refractivity contribution in [1.29, 1.82) is 0 Å². The minimum Gasteiger partial charge on any atom is -0.480 e. The van der Waals surface area contributed by atoms with Crippen molar-refractivity contribution in [3.8, 4) is 0 Å². The number of amides is 1. The van der Waals surface area contributed by atoms with Crippen molar-refractivity contribution < 1.29 is 24.3 Å². The van der Waals surface area contributed by atoms with Crippen LogP contribution in [0.4, 0.5) is 4.79 Å². The molecule has 0 saturated heterocycles. The van der Waals surface area contributed by atoms with Crippen LogP contribution in [0.5, 0.6) is 0 Å². The SMILES string of the molecule is O=C(N[C@H](CC/C=N/OCc1ccccc1)C(=O)O)OCc1ccccc1. The Hall–Kier alpha value is -3.35. The number of carboxylic acid groups (broad SMARTS) is 1. The zero-order chi connectivity index (χ0) is 19.3. The highest BCUT2D eigenvalue weighted by molar-refractivity contribution is 5.80. The number of alkyl carbamates (subject to hydrolysis) is 1. The molecule has 1 atom stereocenters. The predicted octanol–water partition coefficient (Wildman–Crippen LogP) is 3.35. The maximum atomic E-state index is 11.8. The molecule has 0 aromatic heterocycles. The topological polar surface area (TPSA) is 97.2 Å². The summed E-state index contributed by atoms with van der Waals surface area (Å²) in [5.74, 6) is -1.13. The van der Waals surface area contributed by atoms with Crippen LogP contribution in [0.3, 0.4) is 0 Å². The van der Waals surface area contributed by atoms with Gasteiger partial charge in [-0.15, -0.1) is 0 Å². The highest BCUT2D eigenvalue weighted by Crippen LogP contribution is 2.03. The minimum atomic E-state index is -1.13. The van der Waals surface area contributed by atoms with Gasteiger partial charge >= 0.3 is 12.1 Å². The smallest absolute Gasteiger partial charge is 0.408 e. The van der Waals surface area contributed by atoms with Crippen LogP contribution in [0.25, 0.3) is 0 Å². The number of hydrogen-bond acceptors (Lipinski definition) is 5. The fourth-order valence-electron chi connectivity index (χ4n) is 2.20. The van der Waals surface area contributed by atoms with Gasteiger partial charge in [0.25, 0.3) is 0 Å². The lowest BCUT2D eigenvalue weighted by atomic mass is 10.2. The van der Waals surface area contributed by atoms with E-state index in [0.29, 0.717) is 13.0 Å². The van der Waals surface area contributed by atoms with Crippen LogP contribution in [0, 0.1) is 0 Å². The molecule has 7 nitrogen and oxygen atoms in total. The Bertz CT molecular complexity index is 735. The number of carbonyl (C=O) groups excluding carboxylic acids is 1. The molecule has 2 aromatic rings. The standard InChI is InChI=1S/C20H22N2O5/c23-19(24)18(22-20(25)26-14-16-8-3-1-4-9-16)12-7-13-21-27-15-17-10-5-2-6-11-17/h1-6,8-11,13,18H,7,12,14-15H2,(H,22,25)(H,23,24)/b21-13+/t18-/m1/s1. The Kier molecular flexibility index (Phi) is 8.36. The summed E-state index contributed by atoms with van der Waals surface area (Å²) in [7, 11) is 0. The van der Waals surface area contributed by atoms with Crippen LogP contribution in [-0.4, -0.2) is 29.4 Å². The fraction of sp³-hybridized carbons (Fsp3) is 0.250. The second kappa shape index (κ2) is 11.3. The zero-order valence-electron chi connectivity index (χ0n) is 14.8. The third-order valence-electron chi connectivity index (χ3n) is 3.61. The molecule has 0 radical (unpaired) electrons. The summed E-state index contributed by atoms with van der Waals surface area (Å²) in [6, 6.07) is 17.6. The van der Waals surface area contributed by atoms with Crippen LogP contribution in [0.1, 0.15) is 24.0 Å². The van der Waals surface area contributed by atoms with Gasteiger partial charge in [-0.25, -0.2) is 9.59 Å². The molecule has 2 N–H and O–H groups in total. The summed E-state index contributed by atoms with van der Waals surface area (Å²) in [5, 5.41) is 15.3. The lowest BCUT2D eigenvalue weighted by Gasteiger charge is -2.13. The van der Waals surface area contributed by atoms with Gasteiger partial charge in [0.1, 0.15) is 19.3 Å². The Morgan fingerprint density at radius 2 is 1.59 bits per heavy atom. The number of hydrogen-bond donors (Lipinski definition) is 2. The normalized spacial score (nSPS) is 11.7. The summed E-state index contributed by atoms with van der Waals surface area (Å²) in [6.07, 6.45) is 1.22. The van der Waals surface area contributed by atoms with E-state index in [0.717, 1.165) is 11.1 Å². The molecule has 0 aliphatic carbocycles. The number of benzene rings is 2. The summed E-state index contributed by atoms with van der Waals surface area (Å²) in [6.45, 7) is 0.414. The van der Waals surface area contributed by atoms with Crippen molar-refractivity contribution in [2.24, 2.45) is 5.16 Å². The van der Waals surface area contributed by atoms with Crippen molar-refractivity contribution in [2.75, 3.05) is 0 Å². The van der Waals surface area contributed by atoms with Crippen LogP contribution < -0.4 is 5.32 Å². The quantitative estimate of drug-likeness (QED) is 0.494. The lowest BCUT2D eigenvalue weighted by molar-refractivity contribution is -0.139. The zero-order valence-corrected chi connectivity index (χ0v) is 14.8. The van der Waals surface area contributed by atoms with Crippen molar-refractivity contribution >= 4 is 18.3 Å². The van der Waals surface area contributed by atoms with Crippen molar-refractivity contribution in [3.63, 3.8) is 0 Å². The largest absolute Gasteiger partial charge is 0.480 e. The highest BCUT2D eigenvalue weighted by atomic mass is 16.6. The molecule has 0 aliphatic heterocycles. The molecule has 0 saturated carbocycles. The maximum Gasteiger partial charge on any atom is 0.408 e. The van der Waals surface area contributed by atoms with Gasteiger partial charge in [0.05, 0.1) is 0 Å². The third kappa shape index (κ3) is 8.04. The van der Waals surface area contributed by atoms with Gasteiger partial charge in [0.15, 0.2) is 0 Å². The Morgan fingerprint density at radius 1 is 1.00 bits per heavy atom. The highest BCUT2D eigenvalue weighted by Gasteiger charge is 2.19. The summed E-state index contributed by atoms with van der Waals surface area (Å²) in [5.41, 5.74) is 1.81. The van der Waals surface area contributed by atoms with Gasteiger partial charge in [-0.1, -0.05) is 65.8 Å². The van der Waals surface area contributed by atoms with E-state index in [9.17, 15) is 14.7 Å². The summed E-state index contributed by atoms with van der Waals surface area (Å²) >= 11 is 0. The maximum absolute atomic E-state index is 11.8. The van der Waals surface area contributed by atoms with E-state index >= 15 is 0 Å². The first-order valence-corrected chi connectivity index (χ1v) is 8.53. The van der Waals surface area contributed by atoms with Crippen LogP contribution >= 0.6 is 0 Å². The molecule has 0 unspecified atom stereocenters. The third-order valence-corrected chi connectivity index (χ3v) is 3.61. The van der Waals surface area contributed by atoms with E-state index in [4.69, 9.17) is 9.57 Å². The molecular formula is C20H22N2O5. The predicted molar refractivity (Wildman–Crippen MR) is 100 cm³/mol. The number of ether oxygens (including phenoxy) is 1.